The Labute approximate surface area is 154 Å². The average molecular weight is 367 g/mol. The van der Waals surface area contributed by atoms with Crippen molar-refractivity contribution in [3.05, 3.63) is 64.7 Å². The van der Waals surface area contributed by atoms with Crippen molar-refractivity contribution >= 4 is 33.4 Å². The molecule has 2 heterocycles. The zero-order valence-electron chi connectivity index (χ0n) is 14.1. The molecule has 1 aromatic heterocycles. The van der Waals surface area contributed by atoms with Crippen LogP contribution in [-0.2, 0) is 16.1 Å². The van der Waals surface area contributed by atoms with E-state index in [9.17, 15) is 9.59 Å². The highest BCUT2D eigenvalue weighted by atomic mass is 32.1. The Hall–Kier alpha value is -2.77. The van der Waals surface area contributed by atoms with Crippen LogP contribution in [0.15, 0.2) is 48.5 Å². The topological polar surface area (TPSA) is 71.5 Å². The molecule has 3 aromatic rings. The van der Waals surface area contributed by atoms with Crippen LogP contribution in [0, 0.1) is 0 Å². The Kier molecular flexibility index (Phi) is 4.40. The molecule has 1 amide bonds. The fourth-order valence-electron chi connectivity index (χ4n) is 3.18. The number of ether oxygens (including phenoxy) is 1. The van der Waals surface area contributed by atoms with Crippen molar-refractivity contribution in [1.29, 1.82) is 0 Å². The lowest BCUT2D eigenvalue weighted by Crippen LogP contribution is -2.49. The van der Waals surface area contributed by atoms with Crippen molar-refractivity contribution in [3.63, 3.8) is 0 Å². The number of fused-ring (bicyclic) bond motifs is 2. The summed E-state index contributed by atoms with van der Waals surface area (Å²) in [5, 5.41) is 2.65. The summed E-state index contributed by atoms with van der Waals surface area (Å²) in [6, 6.07) is 14.9. The third-order valence-corrected chi connectivity index (χ3v) is 5.44. The van der Waals surface area contributed by atoms with E-state index in [1.165, 1.54) is 7.11 Å². The summed E-state index contributed by atoms with van der Waals surface area (Å²) in [5.74, 6) is -0.502. The molecule has 0 saturated carbocycles. The van der Waals surface area contributed by atoms with Crippen molar-refractivity contribution in [2.24, 2.45) is 0 Å². The highest BCUT2D eigenvalue weighted by Crippen LogP contribution is 2.32. The molecule has 132 valence electrons. The van der Waals surface area contributed by atoms with Gasteiger partial charge in [0.2, 0.25) is 0 Å². The van der Waals surface area contributed by atoms with Gasteiger partial charge in [-0.2, -0.15) is 0 Å². The number of carbonyl (C=O) groups excluding carboxylic acids is 2. The van der Waals surface area contributed by atoms with Crippen LogP contribution < -0.4 is 5.43 Å². The van der Waals surface area contributed by atoms with Gasteiger partial charge in [0, 0.05) is 5.56 Å². The van der Waals surface area contributed by atoms with E-state index in [1.807, 2.05) is 42.5 Å². The van der Waals surface area contributed by atoms with E-state index in [0.717, 1.165) is 20.8 Å². The fraction of sp³-hybridized carbons (Fsp3) is 0.211. The van der Waals surface area contributed by atoms with E-state index in [-0.39, 0.29) is 24.3 Å². The van der Waals surface area contributed by atoms with Crippen molar-refractivity contribution in [2.75, 3.05) is 7.11 Å². The summed E-state index contributed by atoms with van der Waals surface area (Å²) in [6.45, 7) is 0.418. The number of hydrogen-bond donors (Lipinski definition) is 1. The zero-order valence-corrected chi connectivity index (χ0v) is 15.0. The molecular formula is C19H17N3O3S. The first-order chi connectivity index (χ1) is 12.7. The van der Waals surface area contributed by atoms with Gasteiger partial charge in [-0.25, -0.2) is 9.99 Å². The Bertz CT molecular complexity index is 952. The van der Waals surface area contributed by atoms with E-state index in [0.29, 0.717) is 12.1 Å². The molecule has 4 rings (SSSR count). The maximum Gasteiger partial charge on any atom is 0.307 e. The van der Waals surface area contributed by atoms with Gasteiger partial charge in [-0.3, -0.25) is 15.0 Å². The van der Waals surface area contributed by atoms with E-state index < -0.39 is 0 Å². The number of amides is 1. The molecule has 0 aliphatic carbocycles. The maximum atomic E-state index is 12.5. The zero-order chi connectivity index (χ0) is 18.1. The van der Waals surface area contributed by atoms with Crippen LogP contribution in [-0.4, -0.2) is 29.0 Å². The number of hydrogen-bond acceptors (Lipinski definition) is 6. The Balaban J connectivity index is 1.68. The molecule has 1 aliphatic rings. The predicted molar refractivity (Wildman–Crippen MR) is 98.4 cm³/mol. The number of hydrazine groups is 1. The third-order valence-electron chi connectivity index (χ3n) is 4.42. The van der Waals surface area contributed by atoms with E-state index >= 15 is 0 Å². The number of rotatable bonds is 4. The lowest BCUT2D eigenvalue weighted by molar-refractivity contribution is -0.142. The number of thiazole rings is 1. The standard InChI is InChI=1S/C19H17N3O3S/c1-25-18(23)10-15-12-6-2-3-7-13(12)19(24)21-22(15)11-17-20-14-8-4-5-9-16(14)26-17/h2-9,15H,10-11H2,1H3,(H,21,24). The fourth-order valence-corrected chi connectivity index (χ4v) is 4.14. The summed E-state index contributed by atoms with van der Waals surface area (Å²) in [7, 11) is 1.37. The minimum Gasteiger partial charge on any atom is -0.469 e. The van der Waals surface area contributed by atoms with Crippen LogP contribution in [0.4, 0.5) is 0 Å². The highest BCUT2D eigenvalue weighted by molar-refractivity contribution is 7.18. The summed E-state index contributed by atoms with van der Waals surface area (Å²) in [5.41, 5.74) is 5.24. The molecule has 0 bridgehead atoms. The summed E-state index contributed by atoms with van der Waals surface area (Å²) < 4.78 is 5.94. The van der Waals surface area contributed by atoms with Crippen molar-refractivity contribution < 1.29 is 14.3 Å². The van der Waals surface area contributed by atoms with Crippen molar-refractivity contribution in [1.82, 2.24) is 15.4 Å². The van der Waals surface area contributed by atoms with E-state index in [2.05, 4.69) is 10.4 Å². The molecule has 2 aromatic carbocycles. The minimum atomic E-state index is -0.324. The summed E-state index contributed by atoms with van der Waals surface area (Å²) in [6.07, 6.45) is 0.151. The predicted octanol–water partition coefficient (Wildman–Crippen LogP) is 3.06. The summed E-state index contributed by atoms with van der Waals surface area (Å²) in [4.78, 5) is 29.0. The smallest absolute Gasteiger partial charge is 0.307 e. The van der Waals surface area contributed by atoms with Gasteiger partial charge in [0.15, 0.2) is 0 Å². The second-order valence-electron chi connectivity index (χ2n) is 6.03. The van der Waals surface area contributed by atoms with Gasteiger partial charge in [0.1, 0.15) is 5.01 Å². The third kappa shape index (κ3) is 3.07. The Morgan fingerprint density at radius 2 is 2.00 bits per heavy atom. The van der Waals surface area contributed by atoms with Gasteiger partial charge in [-0.05, 0) is 23.8 Å². The molecule has 6 nitrogen and oxygen atoms in total. The number of carbonyl (C=O) groups is 2. The molecule has 0 spiro atoms. The van der Waals surface area contributed by atoms with Crippen LogP contribution in [0.3, 0.4) is 0 Å². The van der Waals surface area contributed by atoms with Gasteiger partial charge in [0.25, 0.3) is 5.91 Å². The minimum absolute atomic E-state index is 0.151. The number of nitrogens with one attached hydrogen (secondary N) is 1. The molecule has 0 saturated heterocycles. The van der Waals surface area contributed by atoms with Crippen LogP contribution >= 0.6 is 11.3 Å². The number of esters is 1. The first-order valence-corrected chi connectivity index (χ1v) is 9.05. The number of aromatic nitrogens is 1. The number of para-hydroxylation sites is 1. The first kappa shape index (κ1) is 16.7. The van der Waals surface area contributed by atoms with Crippen LogP contribution in [0.2, 0.25) is 0 Å². The van der Waals surface area contributed by atoms with Crippen molar-refractivity contribution in [2.45, 2.75) is 19.0 Å². The largest absolute Gasteiger partial charge is 0.469 e. The molecule has 0 fully saturated rings. The molecule has 1 aliphatic heterocycles. The number of methoxy groups -OCH3 is 1. The molecular weight excluding hydrogens is 350 g/mol. The Morgan fingerprint density at radius 1 is 1.23 bits per heavy atom. The number of nitrogens with zero attached hydrogens (tertiary/aromatic N) is 2. The lowest BCUT2D eigenvalue weighted by atomic mass is 9.95. The normalized spacial score (nSPS) is 17.0. The SMILES string of the molecule is COC(=O)CC1c2ccccc2C(=O)NN1Cc1nc2ccccc2s1. The van der Waals surface area contributed by atoms with E-state index in [4.69, 9.17) is 4.74 Å². The molecule has 0 radical (unpaired) electrons. The second-order valence-corrected chi connectivity index (χ2v) is 7.14. The van der Waals surface area contributed by atoms with Crippen LogP contribution in [0.1, 0.15) is 33.4 Å². The van der Waals surface area contributed by atoms with Gasteiger partial charge in [-0.1, -0.05) is 30.3 Å². The van der Waals surface area contributed by atoms with Crippen molar-refractivity contribution in [3.8, 4) is 0 Å². The quantitative estimate of drug-likeness (QED) is 0.718. The molecule has 26 heavy (non-hydrogen) atoms. The maximum absolute atomic E-state index is 12.5. The average Bonchev–Trinajstić information content (AvgIpc) is 3.07. The second kappa shape index (κ2) is 6.86. The molecule has 1 unspecified atom stereocenters. The van der Waals surface area contributed by atoms with Gasteiger partial charge >= 0.3 is 5.97 Å². The molecule has 1 N–H and O–H groups in total. The number of benzene rings is 2. The van der Waals surface area contributed by atoms with Crippen LogP contribution in [0.5, 0.6) is 0 Å². The first-order valence-electron chi connectivity index (χ1n) is 8.23. The van der Waals surface area contributed by atoms with Crippen LogP contribution in [0.25, 0.3) is 10.2 Å². The van der Waals surface area contributed by atoms with E-state index in [1.54, 1.807) is 22.4 Å². The van der Waals surface area contributed by atoms with Gasteiger partial charge < -0.3 is 4.74 Å². The molecule has 1 atom stereocenters. The molecule has 7 heteroatoms. The monoisotopic (exact) mass is 367 g/mol. The lowest BCUT2D eigenvalue weighted by Gasteiger charge is -2.36. The van der Waals surface area contributed by atoms with Gasteiger partial charge in [0.05, 0.1) is 36.3 Å². The van der Waals surface area contributed by atoms with Gasteiger partial charge in [-0.15, -0.1) is 11.3 Å². The highest BCUT2D eigenvalue weighted by Gasteiger charge is 2.33. The Morgan fingerprint density at radius 3 is 2.81 bits per heavy atom. The summed E-state index contributed by atoms with van der Waals surface area (Å²) >= 11 is 1.58.